The predicted octanol–water partition coefficient (Wildman–Crippen LogP) is 3.38. The zero-order valence-corrected chi connectivity index (χ0v) is 19.0. The Hall–Kier alpha value is -2.99. The molecule has 6 heteroatoms. The van der Waals surface area contributed by atoms with Crippen LogP contribution in [0.25, 0.3) is 10.9 Å². The third-order valence-electron chi connectivity index (χ3n) is 5.99. The van der Waals surface area contributed by atoms with E-state index in [4.69, 9.17) is 0 Å². The van der Waals surface area contributed by atoms with Crippen molar-refractivity contribution in [1.82, 2.24) is 19.8 Å². The van der Waals surface area contributed by atoms with Crippen molar-refractivity contribution in [1.29, 1.82) is 0 Å². The van der Waals surface area contributed by atoms with Crippen LogP contribution in [0.1, 0.15) is 37.8 Å². The Morgan fingerprint density at radius 1 is 1.12 bits per heavy atom. The second-order valence-electron chi connectivity index (χ2n) is 9.25. The normalized spacial score (nSPS) is 17.0. The summed E-state index contributed by atoms with van der Waals surface area (Å²) in [6, 6.07) is 16.2. The number of fused-ring (bicyclic) bond motifs is 1. The van der Waals surface area contributed by atoms with E-state index in [2.05, 4.69) is 53.3 Å². The molecule has 1 aliphatic heterocycles. The molecule has 1 atom stereocenters. The first-order valence-electron chi connectivity index (χ1n) is 11.5. The Morgan fingerprint density at radius 3 is 2.66 bits per heavy atom. The van der Waals surface area contributed by atoms with Crippen LogP contribution in [0.15, 0.2) is 59.7 Å². The Kier molecular flexibility index (Phi) is 7.00. The van der Waals surface area contributed by atoms with E-state index >= 15 is 0 Å². The number of hydrogen-bond donors (Lipinski definition) is 1. The van der Waals surface area contributed by atoms with E-state index < -0.39 is 0 Å². The molecule has 32 heavy (non-hydrogen) atoms. The van der Waals surface area contributed by atoms with E-state index in [-0.39, 0.29) is 24.1 Å². The van der Waals surface area contributed by atoms with Crippen LogP contribution in [-0.2, 0) is 24.3 Å². The molecule has 6 nitrogen and oxygen atoms in total. The highest BCUT2D eigenvalue weighted by Gasteiger charge is 2.22. The summed E-state index contributed by atoms with van der Waals surface area (Å²) in [5.41, 5.74) is 3.15. The highest BCUT2D eigenvalue weighted by molar-refractivity contribution is 5.79. The third kappa shape index (κ3) is 5.62. The first-order chi connectivity index (χ1) is 15.5. The number of nitrogens with zero attached hydrogens (tertiary/aromatic N) is 3. The van der Waals surface area contributed by atoms with Crippen molar-refractivity contribution in [3.05, 3.63) is 76.3 Å². The fourth-order valence-corrected chi connectivity index (χ4v) is 4.47. The molecule has 3 aromatic rings. The van der Waals surface area contributed by atoms with E-state index in [1.807, 2.05) is 12.1 Å². The molecule has 0 aliphatic carbocycles. The number of likely N-dealkylation sites (tertiary alicyclic amines) is 1. The summed E-state index contributed by atoms with van der Waals surface area (Å²) < 4.78 is 1.39. The quantitative estimate of drug-likeness (QED) is 0.622. The largest absolute Gasteiger partial charge is 0.351 e. The number of amides is 1. The second-order valence-corrected chi connectivity index (χ2v) is 9.25. The third-order valence-corrected chi connectivity index (χ3v) is 5.99. The predicted molar refractivity (Wildman–Crippen MR) is 127 cm³/mol. The van der Waals surface area contributed by atoms with E-state index in [1.54, 1.807) is 12.1 Å². The van der Waals surface area contributed by atoms with Gasteiger partial charge in [-0.05, 0) is 55.0 Å². The highest BCUT2D eigenvalue weighted by atomic mass is 16.2. The van der Waals surface area contributed by atoms with Gasteiger partial charge in [0.15, 0.2) is 0 Å². The number of carbonyl (C=O) groups excluding carboxylic acids is 1. The Morgan fingerprint density at radius 2 is 1.88 bits per heavy atom. The monoisotopic (exact) mass is 432 g/mol. The van der Waals surface area contributed by atoms with Crippen molar-refractivity contribution < 1.29 is 4.79 Å². The molecule has 1 amide bonds. The van der Waals surface area contributed by atoms with Gasteiger partial charge in [-0.3, -0.25) is 19.1 Å². The smallest absolute Gasteiger partial charge is 0.261 e. The standard InChI is InChI=1S/C26H32N4O2/c1-19(2)14-20-9-11-21(12-10-20)15-29-13-5-6-22(16-29)28-25(31)17-30-18-27-24-8-4-3-7-23(24)26(30)32/h3-4,7-12,18-19,22H,5-6,13-17H2,1-2H3,(H,28,31). The minimum absolute atomic E-state index is 0.00944. The van der Waals surface area contributed by atoms with Crippen molar-refractivity contribution in [2.45, 2.75) is 52.2 Å². The van der Waals surface area contributed by atoms with Crippen molar-refractivity contribution >= 4 is 16.8 Å². The molecular formula is C26H32N4O2. The summed E-state index contributed by atoms with van der Waals surface area (Å²) in [6.45, 7) is 7.22. The molecular weight excluding hydrogens is 400 g/mol. The molecule has 1 fully saturated rings. The fourth-order valence-electron chi connectivity index (χ4n) is 4.47. The minimum Gasteiger partial charge on any atom is -0.351 e. The molecule has 0 spiro atoms. The molecule has 4 rings (SSSR count). The Bertz CT molecular complexity index is 1120. The van der Waals surface area contributed by atoms with Crippen LogP contribution < -0.4 is 10.9 Å². The number of piperidine rings is 1. The van der Waals surface area contributed by atoms with Crippen LogP contribution in [0.3, 0.4) is 0 Å². The van der Waals surface area contributed by atoms with Crippen LogP contribution >= 0.6 is 0 Å². The number of hydrogen-bond acceptors (Lipinski definition) is 4. The number of benzene rings is 2. The fraction of sp³-hybridized carbons (Fsp3) is 0.423. The lowest BCUT2D eigenvalue weighted by molar-refractivity contribution is -0.122. The average molecular weight is 433 g/mol. The van der Waals surface area contributed by atoms with E-state index in [0.29, 0.717) is 16.8 Å². The average Bonchev–Trinajstić information content (AvgIpc) is 2.77. The van der Waals surface area contributed by atoms with Gasteiger partial charge in [-0.25, -0.2) is 4.98 Å². The van der Waals surface area contributed by atoms with Gasteiger partial charge in [0.05, 0.1) is 17.2 Å². The van der Waals surface area contributed by atoms with Gasteiger partial charge >= 0.3 is 0 Å². The highest BCUT2D eigenvalue weighted by Crippen LogP contribution is 2.16. The second kappa shape index (κ2) is 10.1. The number of aromatic nitrogens is 2. The molecule has 0 bridgehead atoms. The van der Waals surface area contributed by atoms with Crippen LogP contribution in [0.2, 0.25) is 0 Å². The topological polar surface area (TPSA) is 67.2 Å². The SMILES string of the molecule is CC(C)Cc1ccc(CN2CCCC(NC(=O)Cn3cnc4ccccc4c3=O)C2)cc1. The zero-order valence-electron chi connectivity index (χ0n) is 19.0. The number of rotatable bonds is 7. The minimum atomic E-state index is -0.183. The molecule has 1 N–H and O–H groups in total. The number of carbonyl (C=O) groups is 1. The van der Waals surface area contributed by atoms with Gasteiger partial charge in [-0.1, -0.05) is 50.2 Å². The van der Waals surface area contributed by atoms with Gasteiger partial charge in [0.25, 0.3) is 5.56 Å². The summed E-state index contributed by atoms with van der Waals surface area (Å²) in [5.74, 6) is 0.516. The maximum absolute atomic E-state index is 12.6. The zero-order chi connectivity index (χ0) is 22.5. The van der Waals surface area contributed by atoms with Gasteiger partial charge in [-0.15, -0.1) is 0 Å². The summed E-state index contributed by atoms with van der Waals surface area (Å²) in [5, 5.41) is 3.65. The van der Waals surface area contributed by atoms with Gasteiger partial charge in [0.1, 0.15) is 6.54 Å². The molecule has 1 unspecified atom stereocenters. The summed E-state index contributed by atoms with van der Waals surface area (Å²) in [4.78, 5) is 32.0. The Balaban J connectivity index is 1.32. The maximum Gasteiger partial charge on any atom is 0.261 e. The van der Waals surface area contributed by atoms with E-state index in [9.17, 15) is 9.59 Å². The van der Waals surface area contributed by atoms with Gasteiger partial charge in [0.2, 0.25) is 5.91 Å². The molecule has 1 saturated heterocycles. The van der Waals surface area contributed by atoms with Crippen molar-refractivity contribution in [2.24, 2.45) is 5.92 Å². The van der Waals surface area contributed by atoms with Gasteiger partial charge in [-0.2, -0.15) is 0 Å². The van der Waals surface area contributed by atoms with Crippen molar-refractivity contribution in [3.8, 4) is 0 Å². The number of nitrogens with one attached hydrogen (secondary N) is 1. The summed E-state index contributed by atoms with van der Waals surface area (Å²) in [7, 11) is 0. The molecule has 0 saturated carbocycles. The van der Waals surface area contributed by atoms with Crippen LogP contribution in [0.5, 0.6) is 0 Å². The molecule has 1 aliphatic rings. The lowest BCUT2D eigenvalue weighted by Crippen LogP contribution is -2.48. The van der Waals surface area contributed by atoms with Crippen molar-refractivity contribution in [2.75, 3.05) is 13.1 Å². The van der Waals surface area contributed by atoms with Crippen LogP contribution in [0.4, 0.5) is 0 Å². The van der Waals surface area contributed by atoms with E-state index in [0.717, 1.165) is 38.9 Å². The van der Waals surface area contributed by atoms with Crippen LogP contribution in [0, 0.1) is 5.92 Å². The van der Waals surface area contributed by atoms with Gasteiger partial charge in [0, 0.05) is 19.1 Å². The molecule has 1 aromatic heterocycles. The molecule has 2 aromatic carbocycles. The van der Waals surface area contributed by atoms with E-state index in [1.165, 1.54) is 22.0 Å². The molecule has 2 heterocycles. The summed E-state index contributed by atoms with van der Waals surface area (Å²) in [6.07, 6.45) is 4.57. The molecule has 168 valence electrons. The lowest BCUT2D eigenvalue weighted by atomic mass is 10.0. The first kappa shape index (κ1) is 22.2. The van der Waals surface area contributed by atoms with Crippen molar-refractivity contribution in [3.63, 3.8) is 0 Å². The first-order valence-corrected chi connectivity index (χ1v) is 11.5. The molecule has 0 radical (unpaired) electrons. The maximum atomic E-state index is 12.6. The number of para-hydroxylation sites is 1. The van der Waals surface area contributed by atoms with Gasteiger partial charge < -0.3 is 5.32 Å². The lowest BCUT2D eigenvalue weighted by Gasteiger charge is -2.33. The summed E-state index contributed by atoms with van der Waals surface area (Å²) >= 11 is 0. The van der Waals surface area contributed by atoms with Crippen LogP contribution in [-0.4, -0.2) is 39.5 Å². The Labute approximate surface area is 189 Å².